The van der Waals surface area contributed by atoms with E-state index in [1.54, 1.807) is 24.1 Å². The highest BCUT2D eigenvalue weighted by molar-refractivity contribution is 7.12. The van der Waals surface area contributed by atoms with Gasteiger partial charge in [0.1, 0.15) is 0 Å². The number of para-hydroxylation sites is 1. The zero-order valence-electron chi connectivity index (χ0n) is 14.1. The van der Waals surface area contributed by atoms with Crippen molar-refractivity contribution in [1.82, 2.24) is 4.90 Å². The number of rotatable bonds is 4. The molecule has 1 aliphatic carbocycles. The van der Waals surface area contributed by atoms with Gasteiger partial charge in [0, 0.05) is 20.1 Å². The van der Waals surface area contributed by atoms with Crippen LogP contribution in [0.1, 0.15) is 45.7 Å². The average molecular weight is 342 g/mol. The van der Waals surface area contributed by atoms with Crippen LogP contribution < -0.4 is 4.90 Å². The van der Waals surface area contributed by atoms with Gasteiger partial charge in [-0.25, -0.2) is 0 Å². The number of carbonyl (C=O) groups excluding carboxylic acids is 2. The maximum absolute atomic E-state index is 13.0. The van der Waals surface area contributed by atoms with Crippen LogP contribution in [0.4, 0.5) is 5.69 Å². The monoisotopic (exact) mass is 342 g/mol. The summed E-state index contributed by atoms with van der Waals surface area (Å²) in [6.07, 6.45) is 4.49. The van der Waals surface area contributed by atoms with Gasteiger partial charge in [-0.2, -0.15) is 0 Å². The van der Waals surface area contributed by atoms with Gasteiger partial charge in [0.25, 0.3) is 11.8 Å². The lowest BCUT2D eigenvalue weighted by molar-refractivity contribution is 0.0736. The van der Waals surface area contributed by atoms with Crippen LogP contribution in [-0.2, 0) is 0 Å². The molecule has 0 bridgehead atoms. The summed E-state index contributed by atoms with van der Waals surface area (Å²) in [6.45, 7) is 0. The van der Waals surface area contributed by atoms with Crippen LogP contribution in [0, 0.1) is 0 Å². The third-order valence-corrected chi connectivity index (χ3v) is 5.58. The Balaban J connectivity index is 1.87. The van der Waals surface area contributed by atoms with Crippen molar-refractivity contribution in [2.75, 3.05) is 19.0 Å². The number of hydrogen-bond acceptors (Lipinski definition) is 3. The van der Waals surface area contributed by atoms with Gasteiger partial charge < -0.3 is 9.80 Å². The third-order valence-electron chi connectivity index (χ3n) is 4.73. The molecule has 1 heterocycles. The van der Waals surface area contributed by atoms with Crippen molar-refractivity contribution in [3.05, 3.63) is 52.2 Å². The maximum atomic E-state index is 13.0. The van der Waals surface area contributed by atoms with Crippen LogP contribution in [0.2, 0.25) is 0 Å². The zero-order chi connectivity index (χ0) is 17.1. The second-order valence-corrected chi connectivity index (χ2v) is 7.16. The van der Waals surface area contributed by atoms with Crippen molar-refractivity contribution in [2.45, 2.75) is 31.7 Å². The molecule has 1 aromatic heterocycles. The lowest BCUT2D eigenvalue weighted by atomic mass is 10.1. The number of benzene rings is 1. The molecule has 0 atom stereocenters. The number of nitrogens with zero attached hydrogens (tertiary/aromatic N) is 2. The highest BCUT2D eigenvalue weighted by atomic mass is 32.1. The second kappa shape index (κ2) is 7.18. The first-order valence-corrected chi connectivity index (χ1v) is 9.15. The Morgan fingerprint density at radius 1 is 1.00 bits per heavy atom. The fraction of sp³-hybridized carbons (Fsp3) is 0.368. The second-order valence-electron chi connectivity index (χ2n) is 6.21. The van der Waals surface area contributed by atoms with Crippen molar-refractivity contribution < 1.29 is 9.59 Å². The van der Waals surface area contributed by atoms with E-state index in [1.165, 1.54) is 24.2 Å². The fourth-order valence-corrected chi connectivity index (χ4v) is 3.97. The van der Waals surface area contributed by atoms with Crippen LogP contribution in [0.5, 0.6) is 0 Å². The van der Waals surface area contributed by atoms with Crippen LogP contribution in [0.25, 0.3) is 0 Å². The molecule has 1 aromatic carbocycles. The van der Waals surface area contributed by atoms with E-state index >= 15 is 0 Å². The average Bonchev–Trinajstić information content (AvgIpc) is 3.32. The molecule has 2 aromatic rings. The molecule has 4 nitrogen and oxygen atoms in total. The summed E-state index contributed by atoms with van der Waals surface area (Å²) in [5, 5.41) is 1.88. The summed E-state index contributed by atoms with van der Waals surface area (Å²) in [5.74, 6) is -0.0999. The molecular weight excluding hydrogens is 320 g/mol. The molecule has 2 amide bonds. The van der Waals surface area contributed by atoms with E-state index in [0.717, 1.165) is 12.8 Å². The molecule has 1 fully saturated rings. The SMILES string of the molecule is CN(C(=O)c1cccs1)c1ccccc1C(=O)N(C)C1CCCC1. The predicted octanol–water partition coefficient (Wildman–Crippen LogP) is 4.04. The van der Waals surface area contributed by atoms with Crippen LogP contribution >= 0.6 is 11.3 Å². The first kappa shape index (κ1) is 16.7. The van der Waals surface area contributed by atoms with Crippen LogP contribution in [0.15, 0.2) is 41.8 Å². The number of amides is 2. The van der Waals surface area contributed by atoms with Crippen molar-refractivity contribution in [3.8, 4) is 0 Å². The molecule has 0 saturated heterocycles. The molecule has 1 saturated carbocycles. The predicted molar refractivity (Wildman–Crippen MR) is 97.8 cm³/mol. The van der Waals surface area contributed by atoms with Crippen molar-refractivity contribution >= 4 is 28.8 Å². The minimum atomic E-state index is -0.0891. The van der Waals surface area contributed by atoms with E-state index in [1.807, 2.05) is 41.6 Å². The van der Waals surface area contributed by atoms with Gasteiger partial charge in [0.2, 0.25) is 0 Å². The molecule has 0 radical (unpaired) electrons. The van der Waals surface area contributed by atoms with E-state index in [4.69, 9.17) is 0 Å². The number of hydrogen-bond donors (Lipinski definition) is 0. The van der Waals surface area contributed by atoms with Gasteiger partial charge in [0.05, 0.1) is 16.1 Å². The molecule has 0 N–H and O–H groups in total. The minimum absolute atomic E-state index is 0.0108. The van der Waals surface area contributed by atoms with E-state index in [2.05, 4.69) is 0 Å². The van der Waals surface area contributed by atoms with Gasteiger partial charge in [-0.1, -0.05) is 31.0 Å². The van der Waals surface area contributed by atoms with Crippen molar-refractivity contribution in [1.29, 1.82) is 0 Å². The third kappa shape index (κ3) is 3.22. The largest absolute Gasteiger partial charge is 0.339 e. The Hall–Kier alpha value is -2.14. The molecular formula is C19H22N2O2S. The van der Waals surface area contributed by atoms with Gasteiger partial charge in [-0.05, 0) is 36.4 Å². The molecule has 5 heteroatoms. The summed E-state index contributed by atoms with van der Waals surface area (Å²) in [5.41, 5.74) is 1.24. The van der Waals surface area contributed by atoms with Gasteiger partial charge in [0.15, 0.2) is 0 Å². The number of thiophene rings is 1. The normalized spacial score (nSPS) is 14.6. The summed E-state index contributed by atoms with van der Waals surface area (Å²) in [6, 6.07) is 11.3. The van der Waals surface area contributed by atoms with Crippen molar-refractivity contribution in [3.63, 3.8) is 0 Å². The number of anilines is 1. The molecule has 0 spiro atoms. The van der Waals surface area contributed by atoms with Gasteiger partial charge >= 0.3 is 0 Å². The standard InChI is InChI=1S/C19H22N2O2S/c1-20(14-8-3-4-9-14)18(22)15-10-5-6-11-16(15)21(2)19(23)17-12-7-13-24-17/h5-7,10-14H,3-4,8-9H2,1-2H3. The maximum Gasteiger partial charge on any atom is 0.268 e. The Kier molecular flexibility index (Phi) is 5.00. The Labute approximate surface area is 146 Å². The Morgan fingerprint density at radius 3 is 2.38 bits per heavy atom. The summed E-state index contributed by atoms with van der Waals surface area (Å²) in [7, 11) is 3.60. The van der Waals surface area contributed by atoms with Crippen molar-refractivity contribution in [2.24, 2.45) is 0 Å². The van der Waals surface area contributed by atoms with Gasteiger partial charge in [-0.15, -0.1) is 11.3 Å². The summed E-state index contributed by atoms with van der Waals surface area (Å²) >= 11 is 1.41. The van der Waals surface area contributed by atoms with Crippen LogP contribution in [-0.4, -0.2) is 36.9 Å². The van der Waals surface area contributed by atoms with E-state index in [0.29, 0.717) is 22.2 Å². The number of carbonyl (C=O) groups is 2. The molecule has 1 aliphatic rings. The lowest BCUT2D eigenvalue weighted by Gasteiger charge is -2.27. The fourth-order valence-electron chi connectivity index (χ4n) is 3.27. The lowest BCUT2D eigenvalue weighted by Crippen LogP contribution is -2.36. The topological polar surface area (TPSA) is 40.6 Å². The van der Waals surface area contributed by atoms with Gasteiger partial charge in [-0.3, -0.25) is 9.59 Å². The Bertz CT molecular complexity index is 721. The van der Waals surface area contributed by atoms with E-state index in [9.17, 15) is 9.59 Å². The molecule has 0 aliphatic heterocycles. The molecule has 126 valence electrons. The molecule has 3 rings (SSSR count). The quantitative estimate of drug-likeness (QED) is 0.841. The zero-order valence-corrected chi connectivity index (χ0v) is 14.9. The highest BCUT2D eigenvalue weighted by Gasteiger charge is 2.27. The van der Waals surface area contributed by atoms with Crippen LogP contribution in [0.3, 0.4) is 0 Å². The highest BCUT2D eigenvalue weighted by Crippen LogP contribution is 2.27. The van der Waals surface area contributed by atoms with E-state index in [-0.39, 0.29) is 11.8 Å². The smallest absolute Gasteiger partial charge is 0.268 e. The minimum Gasteiger partial charge on any atom is -0.339 e. The van der Waals surface area contributed by atoms with E-state index < -0.39 is 0 Å². The summed E-state index contributed by atoms with van der Waals surface area (Å²) < 4.78 is 0. The summed E-state index contributed by atoms with van der Waals surface area (Å²) in [4.78, 5) is 29.7. The molecule has 0 unspecified atom stereocenters. The Morgan fingerprint density at radius 2 is 1.71 bits per heavy atom. The first-order valence-electron chi connectivity index (χ1n) is 8.27. The molecule has 24 heavy (non-hydrogen) atoms. The first-order chi connectivity index (χ1) is 11.6.